The number of ether oxygens (including phenoxy) is 2. The van der Waals surface area contributed by atoms with Gasteiger partial charge in [-0.25, -0.2) is 4.98 Å². The minimum atomic E-state index is -0.631. The summed E-state index contributed by atoms with van der Waals surface area (Å²) in [5.74, 6) is 0.523. The van der Waals surface area contributed by atoms with Gasteiger partial charge in [-0.05, 0) is 30.3 Å². The number of methoxy groups -OCH3 is 1. The maximum Gasteiger partial charge on any atom is 0.282 e. The van der Waals surface area contributed by atoms with Crippen LogP contribution < -0.4 is 20.8 Å². The Hall–Kier alpha value is -2.72. The number of benzene rings is 2. The van der Waals surface area contributed by atoms with E-state index in [9.17, 15) is 9.59 Å². The van der Waals surface area contributed by atoms with Crippen molar-refractivity contribution >= 4 is 54.9 Å². The molecule has 0 fully saturated rings. The van der Waals surface area contributed by atoms with Gasteiger partial charge in [0, 0.05) is 19.9 Å². The number of carbonyl (C=O) groups excluding carboxylic acids is 1. The Morgan fingerprint density at radius 2 is 1.94 bits per heavy atom. The van der Waals surface area contributed by atoms with Gasteiger partial charge in [0.15, 0.2) is 18.1 Å². The van der Waals surface area contributed by atoms with E-state index < -0.39 is 11.3 Å². The zero-order valence-corrected chi connectivity index (χ0v) is 21.2. The monoisotopic (exact) mass is 564 g/mol. The highest BCUT2D eigenvalue weighted by atomic mass is 79.9. The molecule has 0 aliphatic rings. The quantitative estimate of drug-likeness (QED) is 0.455. The molecule has 8 nitrogen and oxygen atoms in total. The molecule has 2 N–H and O–H groups in total. The third-order valence-electron chi connectivity index (χ3n) is 4.42. The fourth-order valence-corrected chi connectivity index (χ4v) is 3.81. The summed E-state index contributed by atoms with van der Waals surface area (Å²) in [7, 11) is 1.48. The Kier molecular flexibility index (Phi) is 7.04. The van der Waals surface area contributed by atoms with E-state index >= 15 is 0 Å². The molecule has 1 heterocycles. The fraction of sp³-hybridized carbons (Fsp3) is 0.273. The second-order valence-electron chi connectivity index (χ2n) is 7.99. The Bertz CT molecular complexity index is 1280. The van der Waals surface area contributed by atoms with Crippen molar-refractivity contribution in [2.45, 2.75) is 26.2 Å². The van der Waals surface area contributed by atoms with Crippen LogP contribution in [0.25, 0.3) is 10.9 Å². The molecule has 2 aromatic carbocycles. The van der Waals surface area contributed by atoms with Gasteiger partial charge in [0.05, 0.1) is 24.2 Å². The van der Waals surface area contributed by atoms with Crippen LogP contribution in [0.3, 0.4) is 0 Å². The first kappa shape index (κ1) is 23.9. The minimum absolute atomic E-state index is 0.278. The van der Waals surface area contributed by atoms with E-state index in [1.165, 1.54) is 18.0 Å². The van der Waals surface area contributed by atoms with Crippen molar-refractivity contribution in [3.63, 3.8) is 0 Å². The van der Waals surface area contributed by atoms with Crippen LogP contribution in [-0.4, -0.2) is 35.5 Å². The number of carbonyl (C=O) groups is 1. The average molecular weight is 566 g/mol. The third kappa shape index (κ3) is 5.18. The lowest BCUT2D eigenvalue weighted by Crippen LogP contribution is -2.29. The molecule has 0 aliphatic heterocycles. The van der Waals surface area contributed by atoms with Crippen molar-refractivity contribution in [1.29, 1.82) is 0 Å². The number of halogens is 2. The molecule has 0 saturated heterocycles. The van der Waals surface area contributed by atoms with Crippen molar-refractivity contribution < 1.29 is 14.3 Å². The zero-order chi connectivity index (χ0) is 23.6. The van der Waals surface area contributed by atoms with Crippen LogP contribution in [0, 0.1) is 0 Å². The Labute approximate surface area is 201 Å². The van der Waals surface area contributed by atoms with Crippen LogP contribution >= 0.6 is 31.9 Å². The summed E-state index contributed by atoms with van der Waals surface area (Å²) in [6, 6.07) is 8.77. The van der Waals surface area contributed by atoms with Gasteiger partial charge in [-0.1, -0.05) is 52.6 Å². The number of hydrogen-bond acceptors (Lipinski definition) is 6. The molecular weight excluding hydrogens is 544 g/mol. The first-order chi connectivity index (χ1) is 15.0. The number of amides is 1. The van der Waals surface area contributed by atoms with E-state index in [1.54, 1.807) is 24.3 Å². The maximum atomic E-state index is 13.3. The molecule has 1 amide bonds. The highest BCUT2D eigenvalue weighted by molar-refractivity contribution is 9.10. The lowest BCUT2D eigenvalue weighted by Gasteiger charge is -2.21. The number of primary amides is 1. The van der Waals surface area contributed by atoms with E-state index in [0.29, 0.717) is 32.5 Å². The van der Waals surface area contributed by atoms with E-state index in [0.717, 1.165) is 4.47 Å². The predicted molar refractivity (Wildman–Crippen MR) is 131 cm³/mol. The van der Waals surface area contributed by atoms with Gasteiger partial charge in [0.2, 0.25) is 0 Å². The molecule has 1 aromatic heterocycles. The third-order valence-corrected chi connectivity index (χ3v) is 5.37. The molecule has 0 unspecified atom stereocenters. The van der Waals surface area contributed by atoms with Crippen molar-refractivity contribution in [2.75, 3.05) is 13.7 Å². The van der Waals surface area contributed by atoms with E-state index in [2.05, 4.69) is 37.0 Å². The van der Waals surface area contributed by atoms with Crippen LogP contribution in [-0.2, 0) is 10.2 Å². The summed E-state index contributed by atoms with van der Waals surface area (Å²) in [5.41, 5.74) is 5.53. The lowest BCUT2D eigenvalue weighted by molar-refractivity contribution is -0.119. The molecule has 3 aromatic rings. The summed E-state index contributed by atoms with van der Waals surface area (Å²) >= 11 is 6.82. The molecule has 0 radical (unpaired) electrons. The van der Waals surface area contributed by atoms with Gasteiger partial charge in [-0.15, -0.1) is 0 Å². The van der Waals surface area contributed by atoms with Crippen molar-refractivity contribution in [1.82, 2.24) is 9.66 Å². The topological polar surface area (TPSA) is 109 Å². The molecule has 0 saturated carbocycles. The van der Waals surface area contributed by atoms with Crippen LogP contribution in [0.1, 0.15) is 32.2 Å². The SMILES string of the molecule is COc1cc(Br)cc(C=Nn2c(C(C)(C)C)nc3ccc(Br)cc3c2=O)c1OCC(N)=O. The molecule has 32 heavy (non-hydrogen) atoms. The van der Waals surface area contributed by atoms with Gasteiger partial charge in [-0.2, -0.15) is 9.78 Å². The van der Waals surface area contributed by atoms with E-state index in [1.807, 2.05) is 26.8 Å². The van der Waals surface area contributed by atoms with E-state index in [4.69, 9.17) is 20.2 Å². The maximum absolute atomic E-state index is 13.3. The second kappa shape index (κ2) is 9.41. The van der Waals surface area contributed by atoms with E-state index in [-0.39, 0.29) is 17.9 Å². The highest BCUT2D eigenvalue weighted by Gasteiger charge is 2.23. The number of hydrogen-bond donors (Lipinski definition) is 1. The molecular formula is C22H22Br2N4O4. The number of fused-ring (bicyclic) bond motifs is 1. The summed E-state index contributed by atoms with van der Waals surface area (Å²) in [5, 5.41) is 4.89. The molecule has 0 bridgehead atoms. The lowest BCUT2D eigenvalue weighted by atomic mass is 9.95. The van der Waals surface area contributed by atoms with Gasteiger partial charge < -0.3 is 15.2 Å². The number of nitrogens with zero attached hydrogens (tertiary/aromatic N) is 3. The van der Waals surface area contributed by atoms with Crippen LogP contribution in [0.5, 0.6) is 11.5 Å². The largest absolute Gasteiger partial charge is 0.493 e. The van der Waals surface area contributed by atoms with Crippen molar-refractivity contribution in [3.05, 3.63) is 61.0 Å². The number of rotatable bonds is 6. The Morgan fingerprint density at radius 1 is 1.22 bits per heavy atom. The zero-order valence-electron chi connectivity index (χ0n) is 18.0. The summed E-state index contributed by atoms with van der Waals surface area (Å²) in [6.07, 6.45) is 1.46. The molecule has 0 atom stereocenters. The fourth-order valence-electron chi connectivity index (χ4n) is 3.00. The summed E-state index contributed by atoms with van der Waals surface area (Å²) in [4.78, 5) is 29.3. The average Bonchev–Trinajstić information content (AvgIpc) is 2.71. The Balaban J connectivity index is 2.22. The van der Waals surface area contributed by atoms with Crippen LogP contribution in [0.2, 0.25) is 0 Å². The number of nitrogens with two attached hydrogens (primary N) is 1. The van der Waals surface area contributed by atoms with Gasteiger partial charge in [0.1, 0.15) is 5.82 Å². The van der Waals surface area contributed by atoms with Crippen molar-refractivity contribution in [2.24, 2.45) is 10.8 Å². The Morgan fingerprint density at radius 3 is 2.56 bits per heavy atom. The first-order valence-corrected chi connectivity index (χ1v) is 11.2. The molecule has 0 spiro atoms. The minimum Gasteiger partial charge on any atom is -0.493 e. The molecule has 168 valence electrons. The van der Waals surface area contributed by atoms with Gasteiger partial charge in [0.25, 0.3) is 11.5 Å². The second-order valence-corrected chi connectivity index (χ2v) is 9.82. The summed E-state index contributed by atoms with van der Waals surface area (Å²) in [6.45, 7) is 5.52. The first-order valence-electron chi connectivity index (χ1n) is 9.57. The van der Waals surface area contributed by atoms with Crippen LogP contribution in [0.4, 0.5) is 0 Å². The van der Waals surface area contributed by atoms with Crippen LogP contribution in [0.15, 0.2) is 49.2 Å². The highest BCUT2D eigenvalue weighted by Crippen LogP contribution is 2.34. The van der Waals surface area contributed by atoms with Crippen molar-refractivity contribution in [3.8, 4) is 11.5 Å². The predicted octanol–water partition coefficient (Wildman–Crippen LogP) is 3.97. The normalized spacial score (nSPS) is 11.8. The standard InChI is InChI=1S/C22H22Br2N4O4/c1-22(2,3)21-27-16-6-5-13(23)8-15(16)20(30)28(21)26-10-12-7-14(24)9-17(31-4)19(12)32-11-18(25)29/h5-10H,11H2,1-4H3,(H2,25,29). The smallest absolute Gasteiger partial charge is 0.282 e. The van der Waals surface area contributed by atoms with Gasteiger partial charge in [-0.3, -0.25) is 9.59 Å². The van der Waals surface area contributed by atoms with Gasteiger partial charge >= 0.3 is 0 Å². The molecule has 0 aliphatic carbocycles. The number of aromatic nitrogens is 2. The molecule has 10 heteroatoms. The summed E-state index contributed by atoms with van der Waals surface area (Å²) < 4.78 is 13.7. The molecule has 3 rings (SSSR count).